The molecule has 0 radical (unpaired) electrons. The van der Waals surface area contributed by atoms with E-state index in [0.29, 0.717) is 0 Å². The summed E-state index contributed by atoms with van der Waals surface area (Å²) in [7, 11) is -3.80. The van der Waals surface area contributed by atoms with Crippen LogP contribution in [-0.2, 0) is 14.8 Å². The number of rotatable bonds is 7. The summed E-state index contributed by atoms with van der Waals surface area (Å²) in [5.74, 6) is -1.67. The molecule has 126 valence electrons. The summed E-state index contributed by atoms with van der Waals surface area (Å²) in [6.45, 7) is -0.0557. The highest BCUT2D eigenvalue weighted by Gasteiger charge is 2.33. The molecule has 1 aliphatic rings. The van der Waals surface area contributed by atoms with E-state index in [1.54, 1.807) is 0 Å². The quantitative estimate of drug-likeness (QED) is 0.773. The Kier molecular flexibility index (Phi) is 5.38. The lowest BCUT2D eigenvalue weighted by atomic mass is 10.2. The molecule has 1 aliphatic carbocycles. The van der Waals surface area contributed by atoms with Crippen LogP contribution in [0.2, 0.25) is 0 Å². The van der Waals surface area contributed by atoms with Crippen molar-refractivity contribution in [2.45, 2.75) is 43.0 Å². The number of benzene rings is 1. The first-order valence-corrected chi connectivity index (χ1v) is 8.90. The molecule has 0 aromatic heterocycles. The van der Waals surface area contributed by atoms with Crippen LogP contribution in [0, 0.1) is 0 Å². The summed E-state index contributed by atoms with van der Waals surface area (Å²) in [4.78, 5) is 21.9. The molecule has 1 saturated carbocycles. The molecule has 1 fully saturated rings. The lowest BCUT2D eigenvalue weighted by molar-refractivity contribution is -0.137. The van der Waals surface area contributed by atoms with Crippen LogP contribution in [0.3, 0.4) is 0 Å². The minimum atomic E-state index is -3.80. The van der Waals surface area contributed by atoms with Gasteiger partial charge in [0.05, 0.1) is 11.3 Å². The van der Waals surface area contributed by atoms with Crippen molar-refractivity contribution < 1.29 is 23.1 Å². The van der Waals surface area contributed by atoms with Gasteiger partial charge >= 0.3 is 5.97 Å². The Morgan fingerprint density at radius 3 is 2.22 bits per heavy atom. The van der Waals surface area contributed by atoms with E-state index in [-0.39, 0.29) is 29.5 Å². The Hall–Kier alpha value is -1.93. The number of aliphatic carboxylic acids is 1. The van der Waals surface area contributed by atoms with Gasteiger partial charge in [0.1, 0.15) is 0 Å². The summed E-state index contributed by atoms with van der Waals surface area (Å²) in [5, 5.41) is 8.87. The Bertz CT molecular complexity index is 678. The molecule has 8 heteroatoms. The molecular formula is C15H20N2O5S. The zero-order valence-electron chi connectivity index (χ0n) is 12.6. The van der Waals surface area contributed by atoms with E-state index in [4.69, 9.17) is 10.8 Å². The molecule has 0 heterocycles. The number of hydrogen-bond donors (Lipinski definition) is 2. The molecule has 0 bridgehead atoms. The number of nitrogens with two attached hydrogens (primary N) is 1. The number of nitrogens with zero attached hydrogens (tertiary/aromatic N) is 1. The Morgan fingerprint density at radius 2 is 1.74 bits per heavy atom. The molecule has 0 aliphatic heterocycles. The van der Waals surface area contributed by atoms with Crippen LogP contribution in [0.15, 0.2) is 29.2 Å². The number of carbonyl (C=O) groups is 2. The normalized spacial score (nSPS) is 15.9. The fraction of sp³-hybridized carbons (Fsp3) is 0.467. The molecule has 1 amide bonds. The van der Waals surface area contributed by atoms with Crippen LogP contribution >= 0.6 is 0 Å². The van der Waals surface area contributed by atoms with Crippen molar-refractivity contribution in [1.82, 2.24) is 4.31 Å². The molecule has 3 N–H and O–H groups in total. The van der Waals surface area contributed by atoms with Crippen LogP contribution in [0.1, 0.15) is 42.5 Å². The summed E-state index contributed by atoms with van der Waals surface area (Å²) in [6, 6.07) is 5.21. The first-order chi connectivity index (χ1) is 10.8. The smallest absolute Gasteiger partial charge is 0.304 e. The molecular weight excluding hydrogens is 320 g/mol. The van der Waals surface area contributed by atoms with Crippen molar-refractivity contribution >= 4 is 21.9 Å². The number of carbonyl (C=O) groups excluding carboxylic acids is 1. The number of sulfonamides is 1. The van der Waals surface area contributed by atoms with Gasteiger partial charge in [0.2, 0.25) is 15.9 Å². The van der Waals surface area contributed by atoms with E-state index in [0.717, 1.165) is 25.7 Å². The summed E-state index contributed by atoms with van der Waals surface area (Å²) >= 11 is 0. The van der Waals surface area contributed by atoms with Gasteiger partial charge < -0.3 is 10.8 Å². The molecule has 0 saturated heterocycles. The van der Waals surface area contributed by atoms with E-state index in [1.807, 2.05) is 0 Å². The highest BCUT2D eigenvalue weighted by Crippen LogP contribution is 2.29. The van der Waals surface area contributed by atoms with Crippen LogP contribution in [0.25, 0.3) is 0 Å². The molecule has 7 nitrogen and oxygen atoms in total. The average Bonchev–Trinajstić information content (AvgIpc) is 3.01. The second-order valence-electron chi connectivity index (χ2n) is 5.59. The van der Waals surface area contributed by atoms with Gasteiger partial charge in [-0.1, -0.05) is 12.8 Å². The number of carboxylic acids is 1. The van der Waals surface area contributed by atoms with Crippen LogP contribution in [0.5, 0.6) is 0 Å². The van der Waals surface area contributed by atoms with Crippen LogP contribution in [-0.4, -0.2) is 42.3 Å². The van der Waals surface area contributed by atoms with Crippen molar-refractivity contribution in [1.29, 1.82) is 0 Å². The van der Waals surface area contributed by atoms with E-state index >= 15 is 0 Å². The highest BCUT2D eigenvalue weighted by molar-refractivity contribution is 7.89. The van der Waals surface area contributed by atoms with Crippen LogP contribution < -0.4 is 5.73 Å². The zero-order valence-corrected chi connectivity index (χ0v) is 13.5. The maximum Gasteiger partial charge on any atom is 0.304 e. The number of hydrogen-bond acceptors (Lipinski definition) is 4. The van der Waals surface area contributed by atoms with Crippen molar-refractivity contribution in [3.8, 4) is 0 Å². The van der Waals surface area contributed by atoms with Gasteiger partial charge in [-0.25, -0.2) is 8.42 Å². The molecule has 0 spiro atoms. The highest BCUT2D eigenvalue weighted by atomic mass is 32.2. The third-order valence-electron chi connectivity index (χ3n) is 4.02. The third kappa shape index (κ3) is 4.08. The number of primary amides is 1. The SMILES string of the molecule is NC(=O)c1ccc(S(=O)(=O)N(CCC(=O)O)C2CCCC2)cc1. The Morgan fingerprint density at radius 1 is 1.17 bits per heavy atom. The second kappa shape index (κ2) is 7.10. The average molecular weight is 340 g/mol. The molecule has 23 heavy (non-hydrogen) atoms. The molecule has 0 unspecified atom stereocenters. The zero-order chi connectivity index (χ0) is 17.0. The maximum atomic E-state index is 12.8. The van der Waals surface area contributed by atoms with E-state index in [9.17, 15) is 18.0 Å². The monoisotopic (exact) mass is 340 g/mol. The van der Waals surface area contributed by atoms with E-state index in [1.165, 1.54) is 28.6 Å². The molecule has 0 atom stereocenters. The van der Waals surface area contributed by atoms with Crippen molar-refractivity contribution in [2.24, 2.45) is 5.73 Å². The lowest BCUT2D eigenvalue weighted by Crippen LogP contribution is -2.40. The van der Waals surface area contributed by atoms with Gasteiger partial charge in [-0.3, -0.25) is 9.59 Å². The standard InChI is InChI=1S/C15H20N2O5S/c16-15(20)11-5-7-13(8-6-11)23(21,22)17(10-9-14(18)19)12-3-1-2-4-12/h5-8,12H,1-4,9-10H2,(H2,16,20)(H,18,19). The van der Waals surface area contributed by atoms with Crippen LogP contribution in [0.4, 0.5) is 0 Å². The van der Waals surface area contributed by atoms with Gasteiger partial charge in [-0.15, -0.1) is 0 Å². The lowest BCUT2D eigenvalue weighted by Gasteiger charge is -2.27. The summed E-state index contributed by atoms with van der Waals surface area (Å²) in [6.07, 6.45) is 3.10. The van der Waals surface area contributed by atoms with Gasteiger partial charge in [0.25, 0.3) is 0 Å². The molecule has 1 aromatic carbocycles. The van der Waals surface area contributed by atoms with Gasteiger partial charge in [-0.2, -0.15) is 4.31 Å². The second-order valence-corrected chi connectivity index (χ2v) is 7.48. The fourth-order valence-corrected chi connectivity index (χ4v) is 4.51. The van der Waals surface area contributed by atoms with Crippen molar-refractivity contribution in [3.63, 3.8) is 0 Å². The van der Waals surface area contributed by atoms with Gasteiger partial charge in [0.15, 0.2) is 0 Å². The maximum absolute atomic E-state index is 12.8. The predicted octanol–water partition coefficient (Wildman–Crippen LogP) is 1.19. The first kappa shape index (κ1) is 17.4. The van der Waals surface area contributed by atoms with Crippen molar-refractivity contribution in [2.75, 3.05) is 6.54 Å². The minimum absolute atomic E-state index is 0.0415. The Balaban J connectivity index is 2.30. The first-order valence-electron chi connectivity index (χ1n) is 7.46. The van der Waals surface area contributed by atoms with Crippen molar-refractivity contribution in [3.05, 3.63) is 29.8 Å². The summed E-state index contributed by atoms with van der Waals surface area (Å²) in [5.41, 5.74) is 5.37. The topological polar surface area (TPSA) is 118 Å². The third-order valence-corrected chi connectivity index (χ3v) is 5.99. The number of amides is 1. The minimum Gasteiger partial charge on any atom is -0.481 e. The fourth-order valence-electron chi connectivity index (χ4n) is 2.82. The predicted molar refractivity (Wildman–Crippen MR) is 83.4 cm³/mol. The van der Waals surface area contributed by atoms with E-state index in [2.05, 4.69) is 0 Å². The number of carboxylic acid groups (broad SMARTS) is 1. The molecule has 2 rings (SSSR count). The summed E-state index contributed by atoms with van der Waals surface area (Å²) < 4.78 is 26.9. The van der Waals surface area contributed by atoms with Gasteiger partial charge in [0, 0.05) is 18.2 Å². The Labute approximate surface area is 135 Å². The molecule has 1 aromatic rings. The largest absolute Gasteiger partial charge is 0.481 e. The van der Waals surface area contributed by atoms with Gasteiger partial charge in [-0.05, 0) is 37.1 Å². The van der Waals surface area contributed by atoms with E-state index < -0.39 is 21.9 Å².